The molecule has 0 radical (unpaired) electrons. The Morgan fingerprint density at radius 2 is 2.07 bits per heavy atom. The second-order valence-electron chi connectivity index (χ2n) is 3.26. The first-order chi connectivity index (χ1) is 6.36. The Morgan fingerprint density at radius 1 is 1.50 bits per heavy atom. The lowest BCUT2D eigenvalue weighted by Gasteiger charge is -2.12. The van der Waals surface area contributed by atoms with E-state index in [4.69, 9.17) is 5.73 Å². The first-order valence-corrected chi connectivity index (χ1v) is 4.21. The van der Waals surface area contributed by atoms with Crippen molar-refractivity contribution in [2.24, 2.45) is 5.73 Å². The number of alkyl halides is 3. The van der Waals surface area contributed by atoms with E-state index in [-0.39, 0.29) is 18.3 Å². The van der Waals surface area contributed by atoms with E-state index in [1.54, 1.807) is 13.8 Å². The summed E-state index contributed by atoms with van der Waals surface area (Å²) in [6.07, 6.45) is -3.08. The summed E-state index contributed by atoms with van der Waals surface area (Å²) in [5.74, 6) is -0.882. The average molecular weight is 207 g/mol. The summed E-state index contributed by atoms with van der Waals surface area (Å²) in [5.41, 5.74) is 5.49. The number of imidazole rings is 1. The van der Waals surface area contributed by atoms with Gasteiger partial charge in [0, 0.05) is 18.8 Å². The minimum absolute atomic E-state index is 0.0167. The van der Waals surface area contributed by atoms with Gasteiger partial charge in [-0.25, -0.2) is 4.98 Å². The molecule has 3 nitrogen and oxygen atoms in total. The van der Waals surface area contributed by atoms with E-state index in [2.05, 4.69) is 4.98 Å². The molecular formula is C8H12F3N3. The van der Waals surface area contributed by atoms with Gasteiger partial charge in [0.1, 0.15) is 0 Å². The van der Waals surface area contributed by atoms with Crippen LogP contribution in [0.25, 0.3) is 0 Å². The fourth-order valence-electron chi connectivity index (χ4n) is 1.15. The standard InChI is InChI=1S/C8H12F3N3/c1-5(2)14-4-6(3-12)13-7(14)8(9,10)11/h4-5H,3,12H2,1-2H3. The lowest BCUT2D eigenvalue weighted by Crippen LogP contribution is -2.15. The number of nitrogens with zero attached hydrogens (tertiary/aromatic N) is 2. The maximum atomic E-state index is 12.4. The Bertz CT molecular complexity index is 314. The molecule has 0 aliphatic carbocycles. The molecule has 0 saturated heterocycles. The van der Waals surface area contributed by atoms with Crippen molar-refractivity contribution in [3.8, 4) is 0 Å². The van der Waals surface area contributed by atoms with Crippen LogP contribution in [0.3, 0.4) is 0 Å². The molecule has 1 rings (SSSR count). The largest absolute Gasteiger partial charge is 0.449 e. The summed E-state index contributed by atoms with van der Waals surface area (Å²) in [4.78, 5) is 3.43. The Labute approximate surface area is 79.7 Å². The normalized spacial score (nSPS) is 12.5. The quantitative estimate of drug-likeness (QED) is 0.805. The number of halogens is 3. The predicted octanol–water partition coefficient (Wildman–Crippen LogP) is 1.94. The van der Waals surface area contributed by atoms with Gasteiger partial charge in [-0.15, -0.1) is 0 Å². The Balaban J connectivity index is 3.19. The molecule has 1 aromatic rings. The third-order valence-electron chi connectivity index (χ3n) is 1.80. The third kappa shape index (κ3) is 2.06. The molecule has 0 aromatic carbocycles. The Morgan fingerprint density at radius 3 is 2.36 bits per heavy atom. The van der Waals surface area contributed by atoms with Gasteiger partial charge >= 0.3 is 6.18 Å². The van der Waals surface area contributed by atoms with Crippen molar-refractivity contribution in [2.75, 3.05) is 0 Å². The highest BCUT2D eigenvalue weighted by Gasteiger charge is 2.37. The van der Waals surface area contributed by atoms with E-state index in [0.717, 1.165) is 4.57 Å². The van der Waals surface area contributed by atoms with Crippen LogP contribution in [0.1, 0.15) is 31.4 Å². The molecule has 14 heavy (non-hydrogen) atoms. The maximum absolute atomic E-state index is 12.4. The molecule has 0 aliphatic rings. The minimum Gasteiger partial charge on any atom is -0.325 e. The summed E-state index contributed by atoms with van der Waals surface area (Å²) in [5, 5.41) is 0. The van der Waals surface area contributed by atoms with Crippen molar-refractivity contribution < 1.29 is 13.2 Å². The van der Waals surface area contributed by atoms with E-state index >= 15 is 0 Å². The molecule has 80 valence electrons. The van der Waals surface area contributed by atoms with E-state index < -0.39 is 12.0 Å². The Kier molecular flexibility index (Phi) is 2.84. The van der Waals surface area contributed by atoms with Crippen molar-refractivity contribution >= 4 is 0 Å². The van der Waals surface area contributed by atoms with Crippen molar-refractivity contribution in [3.05, 3.63) is 17.7 Å². The number of aromatic nitrogens is 2. The molecule has 0 amide bonds. The maximum Gasteiger partial charge on any atom is 0.449 e. The first kappa shape index (κ1) is 11.0. The van der Waals surface area contributed by atoms with Crippen LogP contribution in [0.4, 0.5) is 13.2 Å². The van der Waals surface area contributed by atoms with Crippen LogP contribution in [0.5, 0.6) is 0 Å². The van der Waals surface area contributed by atoms with Gasteiger partial charge in [0.2, 0.25) is 5.82 Å². The monoisotopic (exact) mass is 207 g/mol. The highest BCUT2D eigenvalue weighted by atomic mass is 19.4. The lowest BCUT2D eigenvalue weighted by atomic mass is 10.4. The van der Waals surface area contributed by atoms with Crippen LogP contribution in [-0.4, -0.2) is 9.55 Å². The predicted molar refractivity (Wildman–Crippen MR) is 45.5 cm³/mol. The molecule has 0 aliphatic heterocycles. The van der Waals surface area contributed by atoms with Gasteiger partial charge in [0.25, 0.3) is 0 Å². The van der Waals surface area contributed by atoms with Crippen LogP contribution in [0.15, 0.2) is 6.20 Å². The van der Waals surface area contributed by atoms with Gasteiger partial charge in [0.15, 0.2) is 0 Å². The first-order valence-electron chi connectivity index (χ1n) is 4.21. The van der Waals surface area contributed by atoms with Crippen molar-refractivity contribution in [1.82, 2.24) is 9.55 Å². The summed E-state index contributed by atoms with van der Waals surface area (Å²) in [7, 11) is 0. The molecule has 1 heterocycles. The number of hydrogen-bond acceptors (Lipinski definition) is 2. The number of hydrogen-bond donors (Lipinski definition) is 1. The summed E-state index contributed by atoms with van der Waals surface area (Å²) in [6.45, 7) is 3.34. The number of nitrogens with two attached hydrogens (primary N) is 1. The van der Waals surface area contributed by atoms with Crippen molar-refractivity contribution in [1.29, 1.82) is 0 Å². The summed E-state index contributed by atoms with van der Waals surface area (Å²) in [6, 6.07) is -0.278. The molecule has 2 N–H and O–H groups in total. The number of rotatable bonds is 2. The van der Waals surface area contributed by atoms with E-state index in [1.165, 1.54) is 6.20 Å². The topological polar surface area (TPSA) is 43.8 Å². The zero-order valence-electron chi connectivity index (χ0n) is 7.97. The zero-order chi connectivity index (χ0) is 10.9. The van der Waals surface area contributed by atoms with Crippen LogP contribution in [0.2, 0.25) is 0 Å². The molecular weight excluding hydrogens is 195 g/mol. The smallest absolute Gasteiger partial charge is 0.325 e. The van der Waals surface area contributed by atoms with Crippen LogP contribution < -0.4 is 5.73 Å². The van der Waals surface area contributed by atoms with Crippen LogP contribution >= 0.6 is 0 Å². The van der Waals surface area contributed by atoms with E-state index in [1.807, 2.05) is 0 Å². The summed E-state index contributed by atoms with van der Waals surface area (Å²) >= 11 is 0. The van der Waals surface area contributed by atoms with Crippen molar-refractivity contribution in [3.63, 3.8) is 0 Å². The van der Waals surface area contributed by atoms with Crippen LogP contribution in [-0.2, 0) is 12.7 Å². The lowest BCUT2D eigenvalue weighted by molar-refractivity contribution is -0.147. The van der Waals surface area contributed by atoms with Gasteiger partial charge in [0.05, 0.1) is 5.69 Å². The minimum atomic E-state index is -4.42. The molecule has 0 fully saturated rings. The SMILES string of the molecule is CC(C)n1cc(CN)nc1C(F)(F)F. The van der Waals surface area contributed by atoms with Crippen LogP contribution in [0, 0.1) is 0 Å². The molecule has 0 bridgehead atoms. The molecule has 1 aromatic heterocycles. The third-order valence-corrected chi connectivity index (χ3v) is 1.80. The van der Waals surface area contributed by atoms with Gasteiger partial charge < -0.3 is 10.3 Å². The van der Waals surface area contributed by atoms with Gasteiger partial charge in [-0.05, 0) is 13.8 Å². The van der Waals surface area contributed by atoms with E-state index in [9.17, 15) is 13.2 Å². The molecule has 6 heteroatoms. The van der Waals surface area contributed by atoms with E-state index in [0.29, 0.717) is 0 Å². The second kappa shape index (κ2) is 3.61. The molecule has 0 spiro atoms. The van der Waals surface area contributed by atoms with Crippen molar-refractivity contribution in [2.45, 2.75) is 32.6 Å². The van der Waals surface area contributed by atoms with Gasteiger partial charge in [-0.1, -0.05) is 0 Å². The van der Waals surface area contributed by atoms with Gasteiger partial charge in [-0.2, -0.15) is 13.2 Å². The molecule has 0 unspecified atom stereocenters. The molecule has 0 saturated carbocycles. The fraction of sp³-hybridized carbons (Fsp3) is 0.625. The summed E-state index contributed by atoms with van der Waals surface area (Å²) < 4.78 is 38.4. The molecule has 0 atom stereocenters. The highest BCUT2D eigenvalue weighted by Crippen LogP contribution is 2.30. The fourth-order valence-corrected chi connectivity index (χ4v) is 1.15. The second-order valence-corrected chi connectivity index (χ2v) is 3.26. The highest BCUT2D eigenvalue weighted by molar-refractivity contribution is 5.07. The average Bonchev–Trinajstić information content (AvgIpc) is 2.46. The van der Waals surface area contributed by atoms with Gasteiger partial charge in [-0.3, -0.25) is 0 Å². The zero-order valence-corrected chi connectivity index (χ0v) is 7.97. The Hall–Kier alpha value is -1.04.